The number of aromatic nitrogens is 4. The van der Waals surface area contributed by atoms with E-state index in [0.29, 0.717) is 28.8 Å². The predicted molar refractivity (Wildman–Crippen MR) is 173 cm³/mol. The first-order chi connectivity index (χ1) is 21.9. The number of hydrogen-bond donors (Lipinski definition) is 1. The molecule has 0 saturated carbocycles. The lowest BCUT2D eigenvalue weighted by atomic mass is 9.97. The number of rotatable bonds is 9. The van der Waals surface area contributed by atoms with Crippen LogP contribution in [0.5, 0.6) is 5.75 Å². The molecular formula is C34H35F3N6O2S. The Kier molecular flexibility index (Phi) is 9.76. The average molecular weight is 649 g/mol. The fraction of sp³-hybridized carbons (Fsp3) is 0.294. The molecule has 0 radical (unpaired) electrons. The number of nitrogens with one attached hydrogen (secondary N) is 1. The van der Waals surface area contributed by atoms with Crippen LogP contribution in [0.4, 0.5) is 18.0 Å². The number of hydrogen-bond acceptors (Lipinski definition) is 5. The SMILES string of the molecule is Cc1cc(C)c(-n2c(C)csc2=NC(=O)NCCC(C)Cc2ccc(-c3ncn(-c4ccc(OC(F)(F)F)cc4)n3)cc2)c(C)c1. The Bertz CT molecular complexity index is 1870. The fourth-order valence-electron chi connectivity index (χ4n) is 5.43. The highest BCUT2D eigenvalue weighted by Crippen LogP contribution is 2.25. The molecule has 5 aromatic rings. The molecule has 1 N–H and O–H groups in total. The van der Waals surface area contributed by atoms with Crippen LogP contribution in [0.2, 0.25) is 0 Å². The van der Waals surface area contributed by atoms with E-state index in [0.717, 1.165) is 46.5 Å². The topological polar surface area (TPSA) is 86.3 Å². The van der Waals surface area contributed by atoms with Crippen LogP contribution in [-0.4, -0.2) is 38.3 Å². The van der Waals surface area contributed by atoms with Crippen molar-refractivity contribution in [2.75, 3.05) is 6.54 Å². The number of benzene rings is 3. The van der Waals surface area contributed by atoms with Crippen molar-refractivity contribution in [1.82, 2.24) is 24.6 Å². The lowest BCUT2D eigenvalue weighted by Crippen LogP contribution is -2.26. The summed E-state index contributed by atoms with van der Waals surface area (Å²) in [4.78, 5) is 22.1. The number of alkyl halides is 3. The molecule has 240 valence electrons. The van der Waals surface area contributed by atoms with Crippen LogP contribution < -0.4 is 14.9 Å². The van der Waals surface area contributed by atoms with E-state index in [2.05, 4.69) is 69.5 Å². The summed E-state index contributed by atoms with van der Waals surface area (Å²) in [5, 5.41) is 9.42. The maximum Gasteiger partial charge on any atom is 0.573 e. The van der Waals surface area contributed by atoms with Crippen molar-refractivity contribution >= 4 is 17.4 Å². The van der Waals surface area contributed by atoms with E-state index >= 15 is 0 Å². The third kappa shape index (κ3) is 8.11. The van der Waals surface area contributed by atoms with E-state index in [9.17, 15) is 18.0 Å². The Morgan fingerprint density at radius 1 is 1.02 bits per heavy atom. The molecule has 0 aliphatic heterocycles. The smallest absolute Gasteiger partial charge is 0.406 e. The number of carbonyl (C=O) groups is 1. The molecule has 3 aromatic carbocycles. The molecule has 1 unspecified atom stereocenters. The minimum Gasteiger partial charge on any atom is -0.406 e. The largest absolute Gasteiger partial charge is 0.573 e. The number of halogens is 3. The molecular weight excluding hydrogens is 613 g/mol. The third-order valence-electron chi connectivity index (χ3n) is 7.47. The first-order valence-corrected chi connectivity index (χ1v) is 15.7. The van der Waals surface area contributed by atoms with Gasteiger partial charge in [-0.15, -0.1) is 29.6 Å². The van der Waals surface area contributed by atoms with E-state index < -0.39 is 6.36 Å². The third-order valence-corrected chi connectivity index (χ3v) is 8.42. The zero-order chi connectivity index (χ0) is 33.0. The van der Waals surface area contributed by atoms with Gasteiger partial charge in [-0.05, 0) is 87.4 Å². The Balaban J connectivity index is 1.14. The number of thiazole rings is 1. The summed E-state index contributed by atoms with van der Waals surface area (Å²) in [6.07, 6.45) is -1.61. The minimum absolute atomic E-state index is 0.302. The lowest BCUT2D eigenvalue weighted by Gasteiger charge is -2.14. The molecule has 0 bridgehead atoms. The molecule has 2 heterocycles. The van der Waals surface area contributed by atoms with Crippen molar-refractivity contribution in [2.24, 2.45) is 10.9 Å². The molecule has 0 aliphatic rings. The van der Waals surface area contributed by atoms with Crippen molar-refractivity contribution in [2.45, 2.75) is 53.8 Å². The predicted octanol–water partition coefficient (Wildman–Crippen LogP) is 7.80. The molecule has 12 heteroatoms. The van der Waals surface area contributed by atoms with Gasteiger partial charge in [-0.25, -0.2) is 14.5 Å². The molecule has 2 aromatic heterocycles. The second kappa shape index (κ2) is 13.7. The normalized spacial score (nSPS) is 12.7. The summed E-state index contributed by atoms with van der Waals surface area (Å²) in [5.41, 5.74) is 8.09. The number of nitrogens with zero attached hydrogens (tertiary/aromatic N) is 5. The van der Waals surface area contributed by atoms with E-state index in [1.54, 1.807) is 0 Å². The van der Waals surface area contributed by atoms with Crippen LogP contribution >= 0.6 is 11.3 Å². The molecule has 1 atom stereocenters. The summed E-state index contributed by atoms with van der Waals surface area (Å²) in [6.45, 7) is 10.9. The minimum atomic E-state index is -4.74. The molecule has 8 nitrogen and oxygen atoms in total. The standard InChI is InChI=1S/C34H35F3N6O2S/c1-21(14-15-38-32(44)40-33-43(25(5)19-46-33)30-23(3)16-22(2)17-24(30)4)18-26-6-8-27(9-7-26)31-39-20-42(41-31)28-10-12-29(13-11-28)45-34(35,36)37/h6-13,16-17,19-21H,14-15,18H2,1-5H3,(H,38,44). The second-order valence-corrected chi connectivity index (χ2v) is 12.3. The van der Waals surface area contributed by atoms with Crippen LogP contribution in [0.15, 0.2) is 77.4 Å². The summed E-state index contributed by atoms with van der Waals surface area (Å²) in [7, 11) is 0. The summed E-state index contributed by atoms with van der Waals surface area (Å²) < 4.78 is 44.7. The molecule has 0 spiro atoms. The summed E-state index contributed by atoms with van der Waals surface area (Å²) >= 11 is 1.45. The highest BCUT2D eigenvalue weighted by atomic mass is 32.1. The number of ether oxygens (including phenoxy) is 1. The van der Waals surface area contributed by atoms with E-state index in [1.165, 1.54) is 52.2 Å². The Morgan fingerprint density at radius 3 is 2.35 bits per heavy atom. The Morgan fingerprint density at radius 2 is 1.70 bits per heavy atom. The zero-order valence-corrected chi connectivity index (χ0v) is 27.0. The van der Waals surface area contributed by atoms with Crippen molar-refractivity contribution in [3.8, 4) is 28.5 Å². The van der Waals surface area contributed by atoms with Crippen LogP contribution in [0.25, 0.3) is 22.8 Å². The van der Waals surface area contributed by atoms with Crippen LogP contribution in [-0.2, 0) is 6.42 Å². The van der Waals surface area contributed by atoms with Gasteiger partial charge in [-0.1, -0.05) is 48.9 Å². The fourth-order valence-corrected chi connectivity index (χ4v) is 6.29. The van der Waals surface area contributed by atoms with E-state index in [-0.39, 0.29) is 11.8 Å². The Hall–Kier alpha value is -4.71. The Labute approximate surface area is 269 Å². The average Bonchev–Trinajstić information content (AvgIpc) is 3.60. The van der Waals surface area contributed by atoms with Crippen molar-refractivity contribution in [1.29, 1.82) is 0 Å². The number of aryl methyl sites for hydroxylation is 4. The molecule has 0 saturated heterocycles. The monoisotopic (exact) mass is 648 g/mol. The van der Waals surface area contributed by atoms with Gasteiger partial charge < -0.3 is 10.1 Å². The summed E-state index contributed by atoms with van der Waals surface area (Å²) in [6, 6.07) is 17.3. The summed E-state index contributed by atoms with van der Waals surface area (Å²) in [5.74, 6) is 0.514. The maximum atomic E-state index is 12.8. The van der Waals surface area contributed by atoms with Gasteiger partial charge in [0, 0.05) is 23.2 Å². The quantitative estimate of drug-likeness (QED) is 0.177. The molecule has 0 fully saturated rings. The zero-order valence-electron chi connectivity index (χ0n) is 26.2. The highest BCUT2D eigenvalue weighted by Gasteiger charge is 2.31. The van der Waals surface area contributed by atoms with Gasteiger partial charge in [0.05, 0.1) is 11.4 Å². The maximum absolute atomic E-state index is 12.8. The number of urea groups is 1. The van der Waals surface area contributed by atoms with Crippen LogP contribution in [0, 0.1) is 33.6 Å². The van der Waals surface area contributed by atoms with Gasteiger partial charge in [-0.2, -0.15) is 4.99 Å². The lowest BCUT2D eigenvalue weighted by molar-refractivity contribution is -0.274. The first-order valence-electron chi connectivity index (χ1n) is 14.8. The van der Waals surface area contributed by atoms with E-state index in [4.69, 9.17) is 0 Å². The first kappa shape index (κ1) is 32.7. The van der Waals surface area contributed by atoms with E-state index in [1.807, 2.05) is 36.6 Å². The van der Waals surface area contributed by atoms with Gasteiger partial charge in [0.15, 0.2) is 10.6 Å². The molecule has 5 rings (SSSR count). The number of amides is 2. The molecule has 2 amide bonds. The van der Waals surface area contributed by atoms with Gasteiger partial charge in [-0.3, -0.25) is 4.57 Å². The van der Waals surface area contributed by atoms with Crippen LogP contribution in [0.3, 0.4) is 0 Å². The van der Waals surface area contributed by atoms with Gasteiger partial charge >= 0.3 is 12.4 Å². The van der Waals surface area contributed by atoms with Crippen LogP contribution in [0.1, 0.15) is 41.3 Å². The van der Waals surface area contributed by atoms with Gasteiger partial charge in [0.2, 0.25) is 0 Å². The number of carbonyl (C=O) groups excluding carboxylic acids is 1. The van der Waals surface area contributed by atoms with Gasteiger partial charge in [0.1, 0.15) is 12.1 Å². The molecule has 46 heavy (non-hydrogen) atoms. The second-order valence-electron chi connectivity index (χ2n) is 11.4. The van der Waals surface area contributed by atoms with Crippen molar-refractivity contribution < 1.29 is 22.7 Å². The van der Waals surface area contributed by atoms with Crippen molar-refractivity contribution in [3.63, 3.8) is 0 Å². The highest BCUT2D eigenvalue weighted by molar-refractivity contribution is 7.07. The van der Waals surface area contributed by atoms with Crippen molar-refractivity contribution in [3.05, 3.63) is 105 Å². The molecule has 0 aliphatic carbocycles. The van der Waals surface area contributed by atoms with Gasteiger partial charge in [0.25, 0.3) is 0 Å².